The van der Waals surface area contributed by atoms with Gasteiger partial charge in [0.1, 0.15) is 0 Å². The van der Waals surface area contributed by atoms with Gasteiger partial charge in [-0.15, -0.1) is 0 Å². The van der Waals surface area contributed by atoms with E-state index in [1.165, 1.54) is 0 Å². The molecule has 0 aromatic carbocycles. The Morgan fingerprint density at radius 1 is 1.43 bits per heavy atom. The maximum Gasteiger partial charge on any atom is 1.00 e. The Morgan fingerprint density at radius 3 is 2.00 bits per heavy atom. The molecule has 0 aliphatic heterocycles. The van der Waals surface area contributed by atoms with Gasteiger partial charge >= 0.3 is 34.4 Å². The fourth-order valence-corrected chi connectivity index (χ4v) is 0.716. The van der Waals surface area contributed by atoms with Crippen molar-refractivity contribution in [1.29, 1.82) is 0 Å². The molecule has 0 N–H and O–H groups in total. The molecule has 0 aromatic rings. The molecule has 14 heavy (non-hydrogen) atoms. The molecule has 9 heteroatoms. The fourth-order valence-electron chi connectivity index (χ4n) is 0.239. The number of halogens is 3. The van der Waals surface area contributed by atoms with Gasteiger partial charge in [0.2, 0.25) is 0 Å². The molecule has 0 saturated heterocycles. The van der Waals surface area contributed by atoms with Crippen molar-refractivity contribution in [3.8, 4) is 0 Å². The van der Waals surface area contributed by atoms with Gasteiger partial charge in [-0.05, 0) is 12.5 Å². The molecule has 0 rings (SSSR count). The van der Waals surface area contributed by atoms with E-state index in [1.54, 1.807) is 0 Å². The van der Waals surface area contributed by atoms with Gasteiger partial charge in [0.05, 0.1) is 0 Å². The van der Waals surface area contributed by atoms with Crippen molar-refractivity contribution < 1.29 is 45.6 Å². The van der Waals surface area contributed by atoms with E-state index in [-0.39, 0.29) is 24.4 Å². The quantitative estimate of drug-likeness (QED) is 0.288. The monoisotopic (exact) mass is 223 g/mol. The first-order chi connectivity index (χ1) is 5.58. The Kier molecular flexibility index (Phi) is 5.56. The van der Waals surface area contributed by atoms with Crippen LogP contribution in [0.1, 0.15) is 6.92 Å². The van der Waals surface area contributed by atoms with Gasteiger partial charge in [-0.25, -0.2) is 0 Å². The minimum Gasteiger partial charge on any atom is -0.858 e. The molecule has 0 bridgehead atoms. The fraction of sp³-hybridized carbons (Fsp3) is 0.400. The second-order valence-electron chi connectivity index (χ2n) is 2.10. The third-order valence-corrected chi connectivity index (χ3v) is 1.85. The summed E-state index contributed by atoms with van der Waals surface area (Å²) in [6.45, 7) is 4.00. The van der Waals surface area contributed by atoms with Gasteiger partial charge in [0.25, 0.3) is 0 Å². The Hall–Kier alpha value is -0.453. The van der Waals surface area contributed by atoms with Crippen molar-refractivity contribution in [3.05, 3.63) is 12.2 Å². The van der Waals surface area contributed by atoms with Crippen LogP contribution in [-0.2, 0) is 10.0 Å². The van der Waals surface area contributed by atoms with Crippen LogP contribution in [0.3, 0.4) is 0 Å². The number of hydrogen-bond donors (Lipinski definition) is 0. The van der Waals surface area contributed by atoms with Crippen LogP contribution in [-0.4, -0.2) is 19.8 Å². The van der Waals surface area contributed by atoms with Gasteiger partial charge < -0.3 is 5.11 Å². The molecule has 0 fully saturated rings. The Bertz CT molecular complexity index is 346. The largest absolute Gasteiger partial charge is 1.00 e. The van der Waals surface area contributed by atoms with Crippen LogP contribution in [0, 0.1) is 0 Å². The number of sulfonamides is 1. The second-order valence-corrected chi connectivity index (χ2v) is 3.69. The van der Waals surface area contributed by atoms with Crippen LogP contribution >= 0.6 is 0 Å². The minimum atomic E-state index is -5.73. The number of hydrogen-bond acceptors (Lipinski definition) is 3. The summed E-state index contributed by atoms with van der Waals surface area (Å²) in [6, 6.07) is 0. The van der Waals surface area contributed by atoms with E-state index in [1.807, 2.05) is 4.40 Å². The number of rotatable bonds is 2. The first-order valence-corrected chi connectivity index (χ1v) is 4.26. The summed E-state index contributed by atoms with van der Waals surface area (Å²) in [7, 11) is -5.73. The molecule has 0 heterocycles. The SMILES string of the molecule is C=C(C)C([O-])=NS(=O)(=O)C(F)(F)F.[Li+]. The molecule has 76 valence electrons. The molecule has 0 unspecified atom stereocenters. The molecule has 0 atom stereocenters. The normalized spacial score (nSPS) is 13.3. The third kappa shape index (κ3) is 4.17. The van der Waals surface area contributed by atoms with E-state index in [9.17, 15) is 26.7 Å². The van der Waals surface area contributed by atoms with Crippen molar-refractivity contribution in [2.75, 3.05) is 0 Å². The van der Waals surface area contributed by atoms with E-state index < -0.39 is 21.4 Å². The van der Waals surface area contributed by atoms with E-state index in [4.69, 9.17) is 0 Å². The molecule has 0 radical (unpaired) electrons. The molecule has 0 aliphatic rings. The number of nitrogens with zero attached hydrogens (tertiary/aromatic N) is 1. The summed E-state index contributed by atoms with van der Waals surface area (Å²) in [6.07, 6.45) is 0. The van der Waals surface area contributed by atoms with Crippen molar-refractivity contribution in [2.24, 2.45) is 4.40 Å². The molecule has 0 aromatic heterocycles. The van der Waals surface area contributed by atoms with E-state index >= 15 is 0 Å². The van der Waals surface area contributed by atoms with Gasteiger partial charge in [-0.1, -0.05) is 6.58 Å². The summed E-state index contributed by atoms with van der Waals surface area (Å²) >= 11 is 0. The summed E-state index contributed by atoms with van der Waals surface area (Å²) in [4.78, 5) is 0. The molecular weight excluding hydrogens is 218 g/mol. The minimum absolute atomic E-state index is 0. The van der Waals surface area contributed by atoms with Crippen LogP contribution in [0.15, 0.2) is 16.5 Å². The van der Waals surface area contributed by atoms with Crippen LogP contribution < -0.4 is 24.0 Å². The van der Waals surface area contributed by atoms with Crippen molar-refractivity contribution >= 4 is 15.9 Å². The van der Waals surface area contributed by atoms with Crippen molar-refractivity contribution in [3.63, 3.8) is 0 Å². The molecule has 4 nitrogen and oxygen atoms in total. The standard InChI is InChI=1S/C5H6F3NO3S.Li/c1-3(2)4(10)9-13(11,12)5(6,7)8;/h1H2,2H3,(H,9,10);/q;+1/p-1. The first kappa shape index (κ1) is 16.0. The van der Waals surface area contributed by atoms with Crippen molar-refractivity contribution in [2.45, 2.75) is 12.4 Å². The predicted octanol–water partition coefficient (Wildman–Crippen LogP) is -2.83. The van der Waals surface area contributed by atoms with Crippen molar-refractivity contribution in [1.82, 2.24) is 0 Å². The Labute approximate surface area is 90.8 Å². The summed E-state index contributed by atoms with van der Waals surface area (Å²) in [5.74, 6) is -1.50. The third-order valence-electron chi connectivity index (χ3n) is 0.861. The molecule has 0 amide bonds. The maximum atomic E-state index is 11.6. The topological polar surface area (TPSA) is 69.6 Å². The van der Waals surface area contributed by atoms with Crippen LogP contribution in [0.25, 0.3) is 0 Å². The molecule has 0 saturated carbocycles. The van der Waals surface area contributed by atoms with E-state index in [0.29, 0.717) is 0 Å². The van der Waals surface area contributed by atoms with E-state index in [0.717, 1.165) is 6.92 Å². The molecule has 0 aliphatic carbocycles. The predicted molar refractivity (Wildman–Crippen MR) is 37.2 cm³/mol. The Balaban J connectivity index is 0. The summed E-state index contributed by atoms with van der Waals surface area (Å²) < 4.78 is 57.2. The maximum absolute atomic E-state index is 11.6. The summed E-state index contributed by atoms with van der Waals surface area (Å²) in [5.41, 5.74) is -5.93. The summed E-state index contributed by atoms with van der Waals surface area (Å²) in [5, 5.41) is 10.5. The van der Waals surface area contributed by atoms with E-state index in [2.05, 4.69) is 6.58 Å². The average molecular weight is 223 g/mol. The van der Waals surface area contributed by atoms with Crippen LogP contribution in [0.4, 0.5) is 13.2 Å². The number of alkyl halides is 3. The average Bonchev–Trinajstić information content (AvgIpc) is 1.83. The van der Waals surface area contributed by atoms with Crippen LogP contribution in [0.5, 0.6) is 0 Å². The second kappa shape index (κ2) is 4.86. The molecular formula is C5H5F3LiNO3S. The van der Waals surface area contributed by atoms with Gasteiger partial charge in [0.15, 0.2) is 0 Å². The zero-order valence-corrected chi connectivity index (χ0v) is 8.24. The first-order valence-electron chi connectivity index (χ1n) is 2.82. The Morgan fingerprint density at radius 2 is 1.79 bits per heavy atom. The molecule has 0 spiro atoms. The van der Waals surface area contributed by atoms with Crippen LogP contribution in [0.2, 0.25) is 0 Å². The zero-order valence-electron chi connectivity index (χ0n) is 7.42. The van der Waals surface area contributed by atoms with Gasteiger partial charge in [-0.2, -0.15) is 26.0 Å². The van der Waals surface area contributed by atoms with Gasteiger partial charge in [-0.3, -0.25) is 0 Å². The zero-order chi connectivity index (χ0) is 10.9. The smallest absolute Gasteiger partial charge is 0.858 e. The van der Waals surface area contributed by atoms with Gasteiger partial charge in [0, 0.05) is 5.90 Å².